The van der Waals surface area contributed by atoms with Crippen LogP contribution in [0.1, 0.15) is 55.3 Å². The molecular weight excluding hydrogens is 743 g/mol. The third-order valence-electron chi connectivity index (χ3n) is 9.26. The molecule has 0 aliphatic heterocycles. The van der Waals surface area contributed by atoms with Crippen molar-refractivity contribution in [1.29, 1.82) is 0 Å². The molecule has 0 aliphatic rings. The Morgan fingerprint density at radius 3 is 2.07 bits per heavy atom. The normalized spacial score (nSPS) is 11.0. The van der Waals surface area contributed by atoms with E-state index in [1.54, 1.807) is 60.5 Å². The number of ether oxygens (including phenoxy) is 3. The number of benzene rings is 3. The zero-order chi connectivity index (χ0) is 41.9. The van der Waals surface area contributed by atoms with Gasteiger partial charge in [-0.05, 0) is 93.7 Å². The zero-order valence-corrected chi connectivity index (χ0v) is 33.7. The first-order chi connectivity index (χ1) is 28.0. The van der Waals surface area contributed by atoms with Gasteiger partial charge in [-0.25, -0.2) is 0 Å². The van der Waals surface area contributed by atoms with Gasteiger partial charge in [0.2, 0.25) is 5.91 Å². The molecule has 0 spiro atoms. The molecule has 0 radical (unpaired) electrons. The largest absolute Gasteiger partial charge is 0.508 e. The molecule has 0 fully saturated rings. The number of phenols is 1. The summed E-state index contributed by atoms with van der Waals surface area (Å²) in [5.74, 6) is -1.32. The Bertz CT molecular complexity index is 1960. The number of pyridine rings is 1. The molecule has 5 N–H and O–H groups in total. The Morgan fingerprint density at radius 2 is 1.38 bits per heavy atom. The number of amides is 4. The Hall–Kier alpha value is -5.87. The van der Waals surface area contributed by atoms with Crippen molar-refractivity contribution >= 4 is 35.0 Å². The summed E-state index contributed by atoms with van der Waals surface area (Å²) in [6.45, 7) is 10.3. The van der Waals surface area contributed by atoms with E-state index in [4.69, 9.17) is 19.9 Å². The van der Waals surface area contributed by atoms with Gasteiger partial charge in [-0.3, -0.25) is 24.2 Å². The predicted octanol–water partition coefficient (Wildman–Crippen LogP) is 4.14. The SMILES string of the molecule is CCN(CC)c1ccc(NC(=O)c2cccc(C(=O)N(C)CCN(C)CCOCCOCCOCCNC(=O)c3ccc(O)cc3)c2)c(-c2cc(C(N)=O)ccn2)c1. The van der Waals surface area contributed by atoms with Crippen molar-refractivity contribution in [3.63, 3.8) is 0 Å². The minimum atomic E-state index is -0.579. The molecule has 0 aliphatic carbocycles. The molecule has 0 atom stereocenters. The van der Waals surface area contributed by atoms with Crippen molar-refractivity contribution in [1.82, 2.24) is 20.1 Å². The standard InChI is InChI=1S/C43H55N7O8/c1-5-50(6-2)35-12-15-38(37(30-35)39-29-32(40(44)52)16-17-45-39)47-42(54)33-8-7-9-34(28-33)43(55)49(4)20-19-48(3)21-23-57-25-27-58-26-24-56-22-18-46-41(53)31-10-13-36(51)14-11-31/h7-17,28-30,51H,5-6,18-27H2,1-4H3,(H2,44,52)(H,46,53)(H,47,54). The van der Waals surface area contributed by atoms with E-state index >= 15 is 0 Å². The van der Waals surface area contributed by atoms with E-state index in [9.17, 15) is 24.3 Å². The number of hydrogen-bond acceptors (Lipinski definition) is 11. The van der Waals surface area contributed by atoms with Gasteiger partial charge >= 0.3 is 0 Å². The molecule has 4 amide bonds. The van der Waals surface area contributed by atoms with E-state index < -0.39 is 11.8 Å². The van der Waals surface area contributed by atoms with E-state index in [2.05, 4.69) is 39.3 Å². The molecule has 3 aromatic carbocycles. The predicted molar refractivity (Wildman–Crippen MR) is 224 cm³/mol. The first kappa shape index (κ1) is 44.8. The van der Waals surface area contributed by atoms with Crippen molar-refractivity contribution in [2.75, 3.05) is 103 Å². The summed E-state index contributed by atoms with van der Waals surface area (Å²) in [4.78, 5) is 61.2. The average Bonchev–Trinajstić information content (AvgIpc) is 3.23. The van der Waals surface area contributed by atoms with Crippen molar-refractivity contribution in [3.8, 4) is 17.0 Å². The smallest absolute Gasteiger partial charge is 0.255 e. The second-order valence-corrected chi connectivity index (χ2v) is 13.4. The van der Waals surface area contributed by atoms with Crippen LogP contribution in [0, 0.1) is 0 Å². The first-order valence-corrected chi connectivity index (χ1v) is 19.3. The number of nitrogens with one attached hydrogen (secondary N) is 2. The fourth-order valence-corrected chi connectivity index (χ4v) is 5.83. The van der Waals surface area contributed by atoms with Crippen LogP contribution in [-0.2, 0) is 14.2 Å². The lowest BCUT2D eigenvalue weighted by molar-refractivity contribution is 0.0119. The summed E-state index contributed by atoms with van der Waals surface area (Å²) in [6, 6.07) is 21.4. The maximum atomic E-state index is 13.6. The number of rotatable bonds is 24. The van der Waals surface area contributed by atoms with Gasteiger partial charge in [0.05, 0.1) is 51.0 Å². The number of nitrogens with zero attached hydrogens (tertiary/aromatic N) is 4. The van der Waals surface area contributed by atoms with Crippen LogP contribution in [0.3, 0.4) is 0 Å². The monoisotopic (exact) mass is 797 g/mol. The van der Waals surface area contributed by atoms with Crippen molar-refractivity contribution in [2.45, 2.75) is 13.8 Å². The quantitative estimate of drug-likeness (QED) is 0.0747. The molecule has 4 rings (SSSR count). The number of carbonyl (C=O) groups excluding carboxylic acids is 4. The molecule has 1 aromatic heterocycles. The van der Waals surface area contributed by atoms with Gasteiger partial charge in [0.25, 0.3) is 17.7 Å². The van der Waals surface area contributed by atoms with Gasteiger partial charge in [0.15, 0.2) is 0 Å². The minimum absolute atomic E-state index is 0.106. The number of aromatic nitrogens is 1. The number of hydrogen-bond donors (Lipinski definition) is 4. The summed E-state index contributed by atoms with van der Waals surface area (Å²) in [5, 5.41) is 15.1. The molecule has 15 nitrogen and oxygen atoms in total. The molecular formula is C43H55N7O8. The average molecular weight is 798 g/mol. The second-order valence-electron chi connectivity index (χ2n) is 13.4. The fourth-order valence-electron chi connectivity index (χ4n) is 5.83. The van der Waals surface area contributed by atoms with Crippen LogP contribution in [0.5, 0.6) is 5.75 Å². The van der Waals surface area contributed by atoms with Crippen LogP contribution in [0.15, 0.2) is 85.1 Å². The topological polar surface area (TPSA) is 189 Å². The van der Waals surface area contributed by atoms with Crippen molar-refractivity contribution in [2.24, 2.45) is 5.73 Å². The molecule has 0 unspecified atom stereocenters. The Balaban J connectivity index is 1.16. The zero-order valence-electron chi connectivity index (χ0n) is 33.7. The van der Waals surface area contributed by atoms with Gasteiger partial charge in [-0.15, -0.1) is 0 Å². The van der Waals surface area contributed by atoms with Gasteiger partial charge < -0.3 is 50.4 Å². The lowest BCUT2D eigenvalue weighted by Gasteiger charge is -2.23. The maximum Gasteiger partial charge on any atom is 0.255 e. The third kappa shape index (κ3) is 14.0. The van der Waals surface area contributed by atoms with E-state index in [0.717, 1.165) is 18.8 Å². The second kappa shape index (κ2) is 23.4. The number of likely N-dealkylation sites (N-methyl/N-ethyl adjacent to an activating group) is 2. The van der Waals surface area contributed by atoms with Crippen LogP contribution in [0.2, 0.25) is 0 Å². The molecule has 0 saturated carbocycles. The molecule has 310 valence electrons. The van der Waals surface area contributed by atoms with Crippen LogP contribution in [-0.4, -0.2) is 137 Å². The molecule has 0 bridgehead atoms. The molecule has 15 heteroatoms. The highest BCUT2D eigenvalue weighted by Crippen LogP contribution is 2.32. The molecule has 58 heavy (non-hydrogen) atoms. The highest BCUT2D eigenvalue weighted by atomic mass is 16.5. The van der Waals surface area contributed by atoms with E-state index in [-0.39, 0.29) is 17.6 Å². The number of primary amides is 1. The third-order valence-corrected chi connectivity index (χ3v) is 9.26. The molecule has 4 aromatic rings. The van der Waals surface area contributed by atoms with Gasteiger partial charge in [0, 0.05) is 86.0 Å². The molecule has 1 heterocycles. The van der Waals surface area contributed by atoms with Crippen LogP contribution in [0.4, 0.5) is 11.4 Å². The number of carbonyl (C=O) groups is 4. The van der Waals surface area contributed by atoms with E-state index in [0.29, 0.717) is 105 Å². The number of anilines is 2. The Morgan fingerprint density at radius 1 is 0.707 bits per heavy atom. The van der Waals surface area contributed by atoms with Gasteiger partial charge in [-0.1, -0.05) is 6.07 Å². The van der Waals surface area contributed by atoms with E-state index in [1.807, 2.05) is 25.2 Å². The van der Waals surface area contributed by atoms with Crippen molar-refractivity contribution < 1.29 is 38.5 Å². The van der Waals surface area contributed by atoms with Crippen LogP contribution < -0.4 is 21.3 Å². The number of aromatic hydroxyl groups is 1. The lowest BCUT2D eigenvalue weighted by atomic mass is 10.0. The summed E-state index contributed by atoms with van der Waals surface area (Å²) < 4.78 is 16.7. The highest BCUT2D eigenvalue weighted by molar-refractivity contribution is 6.08. The maximum absolute atomic E-state index is 13.6. The molecule has 0 saturated heterocycles. The van der Waals surface area contributed by atoms with Gasteiger partial charge in [-0.2, -0.15) is 0 Å². The summed E-state index contributed by atoms with van der Waals surface area (Å²) in [5.41, 5.74) is 9.56. The fraction of sp³-hybridized carbons (Fsp3) is 0.372. The van der Waals surface area contributed by atoms with Crippen LogP contribution in [0.25, 0.3) is 11.3 Å². The Kier molecular flexibility index (Phi) is 18.1. The van der Waals surface area contributed by atoms with Crippen LogP contribution >= 0.6 is 0 Å². The first-order valence-electron chi connectivity index (χ1n) is 19.3. The summed E-state index contributed by atoms with van der Waals surface area (Å²) >= 11 is 0. The van der Waals surface area contributed by atoms with Crippen molar-refractivity contribution in [3.05, 3.63) is 107 Å². The van der Waals surface area contributed by atoms with Gasteiger partial charge in [0.1, 0.15) is 5.75 Å². The lowest BCUT2D eigenvalue weighted by Crippen LogP contribution is -2.36. The Labute approximate surface area is 340 Å². The highest BCUT2D eigenvalue weighted by Gasteiger charge is 2.18. The minimum Gasteiger partial charge on any atom is -0.508 e. The van der Waals surface area contributed by atoms with E-state index in [1.165, 1.54) is 18.3 Å². The number of nitrogens with two attached hydrogens (primary N) is 1. The summed E-state index contributed by atoms with van der Waals surface area (Å²) in [6.07, 6.45) is 1.51. The summed E-state index contributed by atoms with van der Waals surface area (Å²) in [7, 11) is 3.68. The number of phenolic OH excluding ortho intramolecular Hbond substituents is 1.